The molecule has 0 spiro atoms. The number of carbonyl (C=O) groups is 1. The number of hydrogen-bond donors (Lipinski definition) is 1. The summed E-state index contributed by atoms with van der Waals surface area (Å²) >= 11 is 1.73. The number of hydrogen-bond acceptors (Lipinski definition) is 4. The zero-order valence-corrected chi connectivity index (χ0v) is 18.0. The summed E-state index contributed by atoms with van der Waals surface area (Å²) in [4.78, 5) is 21.7. The Morgan fingerprint density at radius 1 is 1.29 bits per heavy atom. The number of amides is 1. The van der Waals surface area contributed by atoms with Gasteiger partial charge in [0.1, 0.15) is 6.54 Å². The molecule has 7 heteroatoms. The molecule has 0 atom stereocenters. The molecule has 28 heavy (non-hydrogen) atoms. The van der Waals surface area contributed by atoms with E-state index in [9.17, 15) is 4.79 Å². The third kappa shape index (κ3) is 6.48. The van der Waals surface area contributed by atoms with Gasteiger partial charge in [-0.25, -0.2) is 4.99 Å². The highest BCUT2D eigenvalue weighted by Gasteiger charge is 2.24. The number of aliphatic imine (C=N–C) groups is 1. The summed E-state index contributed by atoms with van der Waals surface area (Å²) in [5.41, 5.74) is 0. The predicted molar refractivity (Wildman–Crippen MR) is 115 cm³/mol. The molecule has 156 valence electrons. The maximum absolute atomic E-state index is 12.0. The minimum atomic E-state index is 0.0187. The maximum atomic E-state index is 12.0. The van der Waals surface area contributed by atoms with Crippen LogP contribution in [0.2, 0.25) is 0 Å². The molecule has 1 amide bonds. The largest absolute Gasteiger partial charge is 0.378 e. The highest BCUT2D eigenvalue weighted by molar-refractivity contribution is 7.09. The second kappa shape index (κ2) is 10.8. The van der Waals surface area contributed by atoms with E-state index in [2.05, 4.69) is 32.7 Å². The lowest BCUT2D eigenvalue weighted by Gasteiger charge is -2.34. The van der Waals surface area contributed by atoms with E-state index in [0.717, 1.165) is 51.0 Å². The van der Waals surface area contributed by atoms with E-state index in [0.29, 0.717) is 6.10 Å². The van der Waals surface area contributed by atoms with Crippen LogP contribution >= 0.6 is 11.3 Å². The number of carbonyl (C=O) groups excluding carboxylic acids is 1. The van der Waals surface area contributed by atoms with Gasteiger partial charge in [-0.3, -0.25) is 4.79 Å². The summed E-state index contributed by atoms with van der Waals surface area (Å²) in [6.45, 7) is 3.69. The molecule has 1 aliphatic carbocycles. The van der Waals surface area contributed by atoms with Gasteiger partial charge in [0, 0.05) is 38.7 Å². The van der Waals surface area contributed by atoms with Crippen LogP contribution in [0.4, 0.5) is 0 Å². The van der Waals surface area contributed by atoms with Crippen LogP contribution in [-0.2, 0) is 16.1 Å². The van der Waals surface area contributed by atoms with Gasteiger partial charge >= 0.3 is 0 Å². The smallest absolute Gasteiger partial charge is 0.243 e. The first-order chi connectivity index (χ1) is 13.6. The van der Waals surface area contributed by atoms with Crippen LogP contribution in [0.1, 0.15) is 43.4 Å². The fourth-order valence-corrected chi connectivity index (χ4v) is 4.46. The van der Waals surface area contributed by atoms with E-state index in [1.165, 1.54) is 30.6 Å². The Kier molecular flexibility index (Phi) is 8.15. The van der Waals surface area contributed by atoms with Crippen molar-refractivity contribution in [2.24, 2.45) is 10.9 Å². The van der Waals surface area contributed by atoms with Gasteiger partial charge in [-0.15, -0.1) is 11.3 Å². The molecule has 1 N–H and O–H groups in total. The molecule has 1 aromatic rings. The summed E-state index contributed by atoms with van der Waals surface area (Å²) < 4.78 is 6.20. The van der Waals surface area contributed by atoms with Crippen molar-refractivity contribution in [2.75, 3.05) is 40.3 Å². The first-order valence-corrected chi connectivity index (χ1v) is 11.4. The van der Waals surface area contributed by atoms with E-state index in [4.69, 9.17) is 4.74 Å². The molecule has 0 aromatic carbocycles. The van der Waals surface area contributed by atoms with Gasteiger partial charge in [0.15, 0.2) is 5.96 Å². The number of likely N-dealkylation sites (N-methyl/N-ethyl adjacent to an activating group) is 1. The fraction of sp³-hybridized carbons (Fsp3) is 0.714. The highest BCUT2D eigenvalue weighted by atomic mass is 32.1. The van der Waals surface area contributed by atoms with Gasteiger partial charge in [-0.1, -0.05) is 18.9 Å². The molecule has 1 aliphatic heterocycles. The molecule has 2 heterocycles. The number of rotatable bonds is 7. The monoisotopic (exact) mass is 406 g/mol. The van der Waals surface area contributed by atoms with Crippen LogP contribution in [0, 0.1) is 5.92 Å². The van der Waals surface area contributed by atoms with Gasteiger partial charge in [-0.2, -0.15) is 0 Å². The molecule has 1 saturated carbocycles. The number of piperidine rings is 1. The lowest BCUT2D eigenvalue weighted by Crippen LogP contribution is -2.47. The lowest BCUT2D eigenvalue weighted by molar-refractivity contribution is -0.127. The predicted octanol–water partition coefficient (Wildman–Crippen LogP) is 2.95. The molecule has 1 saturated heterocycles. The van der Waals surface area contributed by atoms with Crippen LogP contribution in [0.5, 0.6) is 0 Å². The Balaban J connectivity index is 1.50. The zero-order chi connectivity index (χ0) is 19.8. The second-order valence-electron chi connectivity index (χ2n) is 8.03. The molecular formula is C21H34N4O2S. The minimum Gasteiger partial charge on any atom is -0.378 e. The van der Waals surface area contributed by atoms with Crippen molar-refractivity contribution < 1.29 is 9.53 Å². The molecule has 0 bridgehead atoms. The van der Waals surface area contributed by atoms with E-state index in [-0.39, 0.29) is 12.5 Å². The Morgan fingerprint density at radius 3 is 2.68 bits per heavy atom. The average Bonchev–Trinajstić information content (AvgIpc) is 3.40. The molecule has 1 aromatic heterocycles. The highest BCUT2D eigenvalue weighted by Crippen LogP contribution is 2.26. The van der Waals surface area contributed by atoms with E-state index >= 15 is 0 Å². The van der Waals surface area contributed by atoms with Gasteiger partial charge < -0.3 is 19.9 Å². The second-order valence-corrected chi connectivity index (χ2v) is 9.06. The lowest BCUT2D eigenvalue weighted by atomic mass is 10.1. The van der Waals surface area contributed by atoms with Crippen molar-refractivity contribution in [3.63, 3.8) is 0 Å². The van der Waals surface area contributed by atoms with Crippen LogP contribution in [-0.4, -0.2) is 68.1 Å². The Hall–Kier alpha value is -1.60. The van der Waals surface area contributed by atoms with E-state index in [1.54, 1.807) is 30.3 Å². The third-order valence-electron chi connectivity index (χ3n) is 5.65. The molecule has 2 fully saturated rings. The first-order valence-electron chi connectivity index (χ1n) is 10.5. The molecule has 6 nitrogen and oxygen atoms in total. The van der Waals surface area contributed by atoms with Crippen molar-refractivity contribution >= 4 is 23.2 Å². The van der Waals surface area contributed by atoms with Crippen molar-refractivity contribution in [3.05, 3.63) is 22.4 Å². The number of ether oxygens (including phenoxy) is 1. The number of thiophene rings is 1. The van der Waals surface area contributed by atoms with Crippen molar-refractivity contribution in [2.45, 2.75) is 51.2 Å². The molecule has 0 radical (unpaired) electrons. The number of nitrogens with zero attached hydrogens (tertiary/aromatic N) is 3. The molecule has 3 rings (SSSR count). The average molecular weight is 407 g/mol. The Bertz CT molecular complexity index is 618. The Labute approximate surface area is 173 Å². The van der Waals surface area contributed by atoms with Gasteiger partial charge in [0.05, 0.1) is 12.6 Å². The quantitative estimate of drug-likeness (QED) is 0.559. The topological polar surface area (TPSA) is 57.2 Å². The summed E-state index contributed by atoms with van der Waals surface area (Å²) in [5.74, 6) is 1.63. The van der Waals surface area contributed by atoms with Crippen LogP contribution in [0.25, 0.3) is 0 Å². The summed E-state index contributed by atoms with van der Waals surface area (Å²) in [5, 5.41) is 5.53. The SMILES string of the molecule is CN(C)C(=O)CN=C(NCc1cccs1)N1CCC(OCC2CCCC2)CC1. The normalized spacial score (nSPS) is 19.2. The first kappa shape index (κ1) is 21.1. The van der Waals surface area contributed by atoms with E-state index in [1.807, 2.05) is 0 Å². The number of guanidine groups is 1. The van der Waals surface area contributed by atoms with Crippen molar-refractivity contribution in [1.29, 1.82) is 0 Å². The summed E-state index contributed by atoms with van der Waals surface area (Å²) in [6.07, 6.45) is 7.81. The number of nitrogens with one attached hydrogen (secondary N) is 1. The van der Waals surface area contributed by atoms with Crippen LogP contribution < -0.4 is 5.32 Å². The zero-order valence-electron chi connectivity index (χ0n) is 17.2. The number of likely N-dealkylation sites (tertiary alicyclic amines) is 1. The van der Waals surface area contributed by atoms with E-state index < -0.39 is 0 Å². The van der Waals surface area contributed by atoms with Crippen molar-refractivity contribution in [1.82, 2.24) is 15.1 Å². The minimum absolute atomic E-state index is 0.0187. The maximum Gasteiger partial charge on any atom is 0.243 e. The van der Waals surface area contributed by atoms with Crippen LogP contribution in [0.3, 0.4) is 0 Å². The fourth-order valence-electron chi connectivity index (χ4n) is 3.81. The molecule has 0 unspecified atom stereocenters. The molecule has 2 aliphatic rings. The standard InChI is InChI=1S/C21H34N4O2S/c1-24(2)20(26)15-23-21(22-14-19-8-5-13-28-19)25-11-9-18(10-12-25)27-16-17-6-3-4-7-17/h5,8,13,17-18H,3-4,6-7,9-12,14-16H2,1-2H3,(H,22,23). The summed E-state index contributed by atoms with van der Waals surface area (Å²) in [7, 11) is 3.54. The third-order valence-corrected chi connectivity index (χ3v) is 6.52. The van der Waals surface area contributed by atoms with Crippen molar-refractivity contribution in [3.8, 4) is 0 Å². The summed E-state index contributed by atoms with van der Waals surface area (Å²) in [6, 6.07) is 4.17. The van der Waals surface area contributed by atoms with Gasteiger partial charge in [0.2, 0.25) is 5.91 Å². The van der Waals surface area contributed by atoms with Gasteiger partial charge in [-0.05, 0) is 43.0 Å². The Morgan fingerprint density at radius 2 is 2.04 bits per heavy atom. The van der Waals surface area contributed by atoms with Crippen LogP contribution in [0.15, 0.2) is 22.5 Å². The van der Waals surface area contributed by atoms with Gasteiger partial charge in [0.25, 0.3) is 0 Å². The molecular weight excluding hydrogens is 372 g/mol.